The zero-order valence-corrected chi connectivity index (χ0v) is 8.49. The first kappa shape index (κ1) is 8.49. The minimum Gasteiger partial charge on any atom is -0.383 e. The van der Waals surface area contributed by atoms with Gasteiger partial charge in [-0.25, -0.2) is 0 Å². The van der Waals surface area contributed by atoms with Crippen LogP contribution in [-0.4, -0.2) is 12.3 Å². The minimum absolute atomic E-state index is 0.875. The monoisotopic (exact) mass is 183 g/mol. The second kappa shape index (κ2) is 3.73. The second-order valence-corrected chi connectivity index (χ2v) is 5.02. The van der Waals surface area contributed by atoms with Crippen molar-refractivity contribution < 1.29 is 0 Å². The summed E-state index contributed by atoms with van der Waals surface area (Å²) in [5, 5.41) is 5.57. The quantitative estimate of drug-likeness (QED) is 0.671. The summed E-state index contributed by atoms with van der Waals surface area (Å²) in [4.78, 5) is 0. The molecule has 1 heterocycles. The predicted octanol–water partition coefficient (Wildman–Crippen LogP) is 2.74. The standard InChI is InChI=1S/C10H17NS/c1-11-10-7-8-5-3-2-4-6-9(8)12-10/h7-9,11H,2-6H2,1H3. The second-order valence-electron chi connectivity index (χ2n) is 3.74. The molecule has 1 fully saturated rings. The van der Waals surface area contributed by atoms with Crippen molar-refractivity contribution in [2.75, 3.05) is 7.05 Å². The molecule has 0 aromatic carbocycles. The van der Waals surface area contributed by atoms with Gasteiger partial charge < -0.3 is 5.32 Å². The molecule has 0 spiro atoms. The van der Waals surface area contributed by atoms with E-state index in [-0.39, 0.29) is 0 Å². The van der Waals surface area contributed by atoms with E-state index in [0.29, 0.717) is 0 Å². The van der Waals surface area contributed by atoms with Crippen LogP contribution in [0.15, 0.2) is 11.1 Å². The summed E-state index contributed by atoms with van der Waals surface area (Å²) in [7, 11) is 2.03. The van der Waals surface area contributed by atoms with Gasteiger partial charge in [-0.1, -0.05) is 25.3 Å². The van der Waals surface area contributed by atoms with Gasteiger partial charge in [-0.2, -0.15) is 0 Å². The number of hydrogen-bond donors (Lipinski definition) is 1. The fourth-order valence-corrected chi connectivity index (χ4v) is 3.55. The number of thioether (sulfide) groups is 1. The van der Waals surface area contributed by atoms with Gasteiger partial charge in [0.05, 0.1) is 5.03 Å². The third-order valence-electron chi connectivity index (χ3n) is 2.89. The smallest absolute Gasteiger partial charge is 0.0644 e. The first-order chi connectivity index (χ1) is 5.90. The molecule has 1 aliphatic heterocycles. The van der Waals surface area contributed by atoms with E-state index in [1.165, 1.54) is 37.1 Å². The number of nitrogens with one attached hydrogen (secondary N) is 1. The third-order valence-corrected chi connectivity index (χ3v) is 4.38. The van der Waals surface area contributed by atoms with E-state index in [2.05, 4.69) is 23.2 Å². The lowest BCUT2D eigenvalue weighted by Gasteiger charge is -2.13. The predicted molar refractivity (Wildman–Crippen MR) is 55.1 cm³/mol. The highest BCUT2D eigenvalue weighted by Crippen LogP contribution is 2.42. The Balaban J connectivity index is 2.01. The van der Waals surface area contributed by atoms with Crippen LogP contribution in [0.5, 0.6) is 0 Å². The van der Waals surface area contributed by atoms with Crippen molar-refractivity contribution in [1.29, 1.82) is 0 Å². The van der Waals surface area contributed by atoms with Gasteiger partial charge in [0.2, 0.25) is 0 Å². The van der Waals surface area contributed by atoms with Gasteiger partial charge in [0.15, 0.2) is 0 Å². The lowest BCUT2D eigenvalue weighted by molar-refractivity contribution is 0.580. The van der Waals surface area contributed by atoms with Gasteiger partial charge in [-0.15, -0.1) is 11.8 Å². The summed E-state index contributed by atoms with van der Waals surface area (Å²) in [6.45, 7) is 0. The Kier molecular flexibility index (Phi) is 2.64. The van der Waals surface area contributed by atoms with Crippen molar-refractivity contribution in [2.45, 2.75) is 37.4 Å². The highest BCUT2D eigenvalue weighted by molar-refractivity contribution is 8.03. The third kappa shape index (κ3) is 1.63. The molecule has 1 N–H and O–H groups in total. The van der Waals surface area contributed by atoms with Crippen LogP contribution in [0.3, 0.4) is 0 Å². The number of rotatable bonds is 1. The largest absolute Gasteiger partial charge is 0.383 e. The van der Waals surface area contributed by atoms with Crippen molar-refractivity contribution in [3.8, 4) is 0 Å². The van der Waals surface area contributed by atoms with Crippen molar-refractivity contribution in [3.05, 3.63) is 11.1 Å². The normalized spacial score (nSPS) is 35.2. The fraction of sp³-hybridized carbons (Fsp3) is 0.800. The molecule has 0 bridgehead atoms. The first-order valence-electron chi connectivity index (χ1n) is 4.96. The lowest BCUT2D eigenvalue weighted by atomic mass is 10.0. The average molecular weight is 183 g/mol. The van der Waals surface area contributed by atoms with E-state index in [4.69, 9.17) is 0 Å². The molecule has 12 heavy (non-hydrogen) atoms. The molecule has 0 radical (unpaired) electrons. The zero-order chi connectivity index (χ0) is 8.39. The van der Waals surface area contributed by atoms with Crippen LogP contribution in [-0.2, 0) is 0 Å². The van der Waals surface area contributed by atoms with E-state index in [1.807, 2.05) is 7.05 Å². The van der Waals surface area contributed by atoms with Gasteiger partial charge in [0, 0.05) is 12.3 Å². The van der Waals surface area contributed by atoms with Crippen LogP contribution in [0.1, 0.15) is 32.1 Å². The Hall–Kier alpha value is -0.110. The maximum atomic E-state index is 3.26. The molecule has 1 saturated carbocycles. The molecule has 0 aromatic heterocycles. The van der Waals surface area contributed by atoms with E-state index in [0.717, 1.165) is 11.2 Å². The molecule has 1 nitrogen and oxygen atoms in total. The summed E-state index contributed by atoms with van der Waals surface area (Å²) in [5.41, 5.74) is 0. The van der Waals surface area contributed by atoms with Crippen LogP contribution >= 0.6 is 11.8 Å². The lowest BCUT2D eigenvalue weighted by Crippen LogP contribution is -2.08. The molecular weight excluding hydrogens is 166 g/mol. The Morgan fingerprint density at radius 1 is 1.33 bits per heavy atom. The van der Waals surface area contributed by atoms with Crippen LogP contribution in [0, 0.1) is 5.92 Å². The SMILES string of the molecule is CNC1=CC2CCCCCC2S1. The molecule has 0 saturated heterocycles. The molecule has 68 valence electrons. The Morgan fingerprint density at radius 2 is 2.17 bits per heavy atom. The average Bonchev–Trinajstić information content (AvgIpc) is 2.37. The Labute approximate surface area is 79.0 Å². The van der Waals surface area contributed by atoms with Crippen LogP contribution in [0.25, 0.3) is 0 Å². The zero-order valence-electron chi connectivity index (χ0n) is 7.68. The summed E-state index contributed by atoms with van der Waals surface area (Å²) >= 11 is 2.06. The first-order valence-corrected chi connectivity index (χ1v) is 5.84. The van der Waals surface area contributed by atoms with Gasteiger partial charge in [-0.05, 0) is 18.8 Å². The van der Waals surface area contributed by atoms with Crippen LogP contribution in [0.2, 0.25) is 0 Å². The van der Waals surface area contributed by atoms with E-state index in [9.17, 15) is 0 Å². The summed E-state index contributed by atoms with van der Waals surface area (Å²) in [5.74, 6) is 0.875. The highest BCUT2D eigenvalue weighted by Gasteiger charge is 2.28. The van der Waals surface area contributed by atoms with Crippen molar-refractivity contribution in [1.82, 2.24) is 5.32 Å². The van der Waals surface area contributed by atoms with Gasteiger partial charge >= 0.3 is 0 Å². The molecule has 2 unspecified atom stereocenters. The molecule has 2 heteroatoms. The van der Waals surface area contributed by atoms with E-state index < -0.39 is 0 Å². The number of hydrogen-bond acceptors (Lipinski definition) is 2. The van der Waals surface area contributed by atoms with Gasteiger partial charge in [0.1, 0.15) is 0 Å². The summed E-state index contributed by atoms with van der Waals surface area (Å²) < 4.78 is 0. The summed E-state index contributed by atoms with van der Waals surface area (Å²) in [6.07, 6.45) is 9.63. The maximum absolute atomic E-state index is 3.26. The number of allylic oxidation sites excluding steroid dienone is 1. The molecule has 0 amide bonds. The highest BCUT2D eigenvalue weighted by atomic mass is 32.2. The van der Waals surface area contributed by atoms with E-state index >= 15 is 0 Å². The topological polar surface area (TPSA) is 12.0 Å². The van der Waals surface area contributed by atoms with Crippen molar-refractivity contribution >= 4 is 11.8 Å². The molecule has 0 aromatic rings. The van der Waals surface area contributed by atoms with Gasteiger partial charge in [-0.3, -0.25) is 0 Å². The molecule has 2 atom stereocenters. The number of fused-ring (bicyclic) bond motifs is 1. The summed E-state index contributed by atoms with van der Waals surface area (Å²) in [6, 6.07) is 0. The van der Waals surface area contributed by atoms with Gasteiger partial charge in [0.25, 0.3) is 0 Å². The van der Waals surface area contributed by atoms with Crippen molar-refractivity contribution in [2.24, 2.45) is 5.92 Å². The molecular formula is C10H17NS. The van der Waals surface area contributed by atoms with E-state index in [1.54, 1.807) is 0 Å². The Bertz CT molecular complexity index is 188. The molecule has 1 aliphatic carbocycles. The van der Waals surface area contributed by atoms with Crippen molar-refractivity contribution in [3.63, 3.8) is 0 Å². The fourth-order valence-electron chi connectivity index (χ4n) is 2.18. The molecule has 2 rings (SSSR count). The minimum atomic E-state index is 0.875. The molecule has 2 aliphatic rings. The van der Waals surface area contributed by atoms with Crippen LogP contribution in [0.4, 0.5) is 0 Å². The Morgan fingerprint density at radius 3 is 3.00 bits per heavy atom. The van der Waals surface area contributed by atoms with Crippen LogP contribution < -0.4 is 5.32 Å². The maximum Gasteiger partial charge on any atom is 0.0644 e.